The van der Waals surface area contributed by atoms with Crippen molar-refractivity contribution < 1.29 is 4.42 Å². The molecule has 0 bridgehead atoms. The van der Waals surface area contributed by atoms with E-state index in [9.17, 15) is 0 Å². The van der Waals surface area contributed by atoms with E-state index in [0.717, 1.165) is 16.9 Å². The SMILES string of the molecule is Nc1ccc2nc(SCc3csc4ccccc34)oc2c1. The number of anilines is 1. The van der Waals surface area contributed by atoms with E-state index in [1.165, 1.54) is 15.6 Å². The summed E-state index contributed by atoms with van der Waals surface area (Å²) in [6, 6.07) is 14.0. The van der Waals surface area contributed by atoms with Crippen LogP contribution in [0.15, 0.2) is 57.5 Å². The van der Waals surface area contributed by atoms with Crippen LogP contribution < -0.4 is 5.73 Å². The summed E-state index contributed by atoms with van der Waals surface area (Å²) in [6.07, 6.45) is 0. The minimum atomic E-state index is 0.686. The second kappa shape index (κ2) is 5.09. The molecule has 0 atom stereocenters. The lowest BCUT2D eigenvalue weighted by Crippen LogP contribution is -1.81. The van der Waals surface area contributed by atoms with Crippen molar-refractivity contribution in [2.75, 3.05) is 5.73 Å². The van der Waals surface area contributed by atoms with Gasteiger partial charge in [-0.05, 0) is 34.5 Å². The zero-order chi connectivity index (χ0) is 14.2. The van der Waals surface area contributed by atoms with E-state index in [-0.39, 0.29) is 0 Å². The van der Waals surface area contributed by atoms with E-state index in [1.807, 2.05) is 18.2 Å². The van der Waals surface area contributed by atoms with E-state index < -0.39 is 0 Å². The standard InChI is InChI=1S/C16H12N2OS2/c17-11-5-6-13-14(7-11)19-16(18-13)21-9-10-8-20-15-4-2-1-3-12(10)15/h1-8H,9,17H2. The molecule has 0 radical (unpaired) electrons. The normalized spacial score (nSPS) is 11.4. The van der Waals surface area contributed by atoms with Crippen LogP contribution in [0.5, 0.6) is 0 Å². The number of hydrogen-bond donors (Lipinski definition) is 1. The van der Waals surface area contributed by atoms with Crippen LogP contribution in [-0.4, -0.2) is 4.98 Å². The lowest BCUT2D eigenvalue weighted by atomic mass is 10.2. The summed E-state index contributed by atoms with van der Waals surface area (Å²) in [5.74, 6) is 0.853. The highest BCUT2D eigenvalue weighted by Crippen LogP contribution is 2.32. The molecule has 5 heteroatoms. The van der Waals surface area contributed by atoms with Gasteiger partial charge in [0.05, 0.1) is 0 Å². The minimum absolute atomic E-state index is 0.686. The van der Waals surface area contributed by atoms with Crippen molar-refractivity contribution in [3.63, 3.8) is 0 Å². The van der Waals surface area contributed by atoms with Gasteiger partial charge in [0.2, 0.25) is 0 Å². The van der Waals surface area contributed by atoms with Crippen LogP contribution >= 0.6 is 23.1 Å². The van der Waals surface area contributed by atoms with Crippen LogP contribution in [0, 0.1) is 0 Å². The van der Waals surface area contributed by atoms with Crippen molar-refractivity contribution in [2.45, 2.75) is 11.0 Å². The van der Waals surface area contributed by atoms with Crippen molar-refractivity contribution in [3.05, 3.63) is 53.4 Å². The number of rotatable bonds is 3. The predicted molar refractivity (Wildman–Crippen MR) is 89.8 cm³/mol. The van der Waals surface area contributed by atoms with Crippen LogP contribution in [-0.2, 0) is 5.75 Å². The molecule has 0 aliphatic rings. The Hall–Kier alpha value is -1.98. The van der Waals surface area contributed by atoms with Crippen molar-refractivity contribution in [1.29, 1.82) is 0 Å². The smallest absolute Gasteiger partial charge is 0.257 e. The molecule has 4 aromatic rings. The lowest BCUT2D eigenvalue weighted by Gasteiger charge is -1.96. The molecule has 0 saturated carbocycles. The second-order valence-electron chi connectivity index (χ2n) is 4.75. The molecule has 2 aromatic carbocycles. The molecule has 3 nitrogen and oxygen atoms in total. The number of thiophene rings is 1. The molecule has 104 valence electrons. The largest absolute Gasteiger partial charge is 0.431 e. The summed E-state index contributed by atoms with van der Waals surface area (Å²) in [4.78, 5) is 4.48. The van der Waals surface area contributed by atoms with Gasteiger partial charge >= 0.3 is 0 Å². The van der Waals surface area contributed by atoms with E-state index in [0.29, 0.717) is 10.9 Å². The van der Waals surface area contributed by atoms with Crippen LogP contribution in [0.2, 0.25) is 0 Å². The summed E-state index contributed by atoms with van der Waals surface area (Å²) < 4.78 is 7.05. The molecule has 0 unspecified atom stereocenters. The monoisotopic (exact) mass is 312 g/mol. The van der Waals surface area contributed by atoms with E-state index >= 15 is 0 Å². The molecular formula is C16H12N2OS2. The molecule has 0 amide bonds. The van der Waals surface area contributed by atoms with Crippen molar-refractivity contribution >= 4 is 50.0 Å². The summed E-state index contributed by atoms with van der Waals surface area (Å²) in [7, 11) is 0. The number of oxazole rings is 1. The molecule has 2 aromatic heterocycles. The van der Waals surface area contributed by atoms with Gasteiger partial charge in [-0.1, -0.05) is 30.0 Å². The van der Waals surface area contributed by atoms with Crippen molar-refractivity contribution in [2.24, 2.45) is 0 Å². The van der Waals surface area contributed by atoms with Gasteiger partial charge in [0.25, 0.3) is 5.22 Å². The summed E-state index contributed by atoms with van der Waals surface area (Å²) in [6.45, 7) is 0. The summed E-state index contributed by atoms with van der Waals surface area (Å²) >= 11 is 3.39. The number of fused-ring (bicyclic) bond motifs is 2. The Bertz CT molecular complexity index is 926. The van der Waals surface area contributed by atoms with Gasteiger partial charge in [0, 0.05) is 22.2 Å². The molecular weight excluding hydrogens is 300 g/mol. The Balaban J connectivity index is 1.60. The summed E-state index contributed by atoms with van der Waals surface area (Å²) in [5, 5.41) is 4.21. The van der Waals surface area contributed by atoms with Crippen molar-refractivity contribution in [3.8, 4) is 0 Å². The maximum Gasteiger partial charge on any atom is 0.257 e. The van der Waals surface area contributed by atoms with Gasteiger partial charge < -0.3 is 10.2 Å². The Kier molecular flexibility index (Phi) is 3.09. The summed E-state index contributed by atoms with van der Waals surface area (Å²) in [5.41, 5.74) is 9.36. The zero-order valence-corrected chi connectivity index (χ0v) is 12.7. The van der Waals surface area contributed by atoms with Crippen LogP contribution in [0.25, 0.3) is 21.2 Å². The Morgan fingerprint density at radius 1 is 1.19 bits per heavy atom. The number of thioether (sulfide) groups is 1. The maximum atomic E-state index is 5.75. The fraction of sp³-hybridized carbons (Fsp3) is 0.0625. The average Bonchev–Trinajstić information content (AvgIpc) is 3.08. The number of hydrogen-bond acceptors (Lipinski definition) is 5. The highest BCUT2D eigenvalue weighted by atomic mass is 32.2. The highest BCUT2D eigenvalue weighted by Gasteiger charge is 2.09. The topological polar surface area (TPSA) is 52.0 Å². The van der Waals surface area contributed by atoms with Gasteiger partial charge in [-0.15, -0.1) is 11.3 Å². The molecule has 0 spiro atoms. The Morgan fingerprint density at radius 2 is 2.10 bits per heavy atom. The Labute approximate surface area is 129 Å². The van der Waals surface area contributed by atoms with Crippen LogP contribution in [0.4, 0.5) is 5.69 Å². The first kappa shape index (κ1) is 12.7. The first-order valence-corrected chi connectivity index (χ1v) is 8.40. The first-order valence-electron chi connectivity index (χ1n) is 6.53. The van der Waals surface area contributed by atoms with Gasteiger partial charge in [0.1, 0.15) is 5.52 Å². The third kappa shape index (κ3) is 2.39. The quantitative estimate of drug-likeness (QED) is 0.431. The van der Waals surface area contributed by atoms with E-state index in [2.05, 4.69) is 34.6 Å². The number of nitrogens with two attached hydrogens (primary N) is 1. The van der Waals surface area contributed by atoms with E-state index in [4.69, 9.17) is 10.2 Å². The molecule has 0 aliphatic heterocycles. The van der Waals surface area contributed by atoms with Crippen molar-refractivity contribution in [1.82, 2.24) is 4.98 Å². The maximum absolute atomic E-state index is 5.75. The number of nitrogens with zero attached hydrogens (tertiary/aromatic N) is 1. The second-order valence-corrected chi connectivity index (χ2v) is 6.59. The number of aromatic nitrogens is 1. The molecule has 4 rings (SSSR count). The molecule has 21 heavy (non-hydrogen) atoms. The average molecular weight is 312 g/mol. The number of benzene rings is 2. The fourth-order valence-corrected chi connectivity index (χ4v) is 4.16. The molecule has 2 N–H and O–H groups in total. The highest BCUT2D eigenvalue weighted by molar-refractivity contribution is 7.98. The van der Waals surface area contributed by atoms with Gasteiger partial charge in [-0.25, -0.2) is 4.98 Å². The van der Waals surface area contributed by atoms with Crippen LogP contribution in [0.1, 0.15) is 5.56 Å². The molecule has 0 aliphatic carbocycles. The molecule has 2 heterocycles. The zero-order valence-electron chi connectivity index (χ0n) is 11.1. The number of nitrogen functional groups attached to an aromatic ring is 1. The van der Waals surface area contributed by atoms with Crippen LogP contribution in [0.3, 0.4) is 0 Å². The van der Waals surface area contributed by atoms with Gasteiger partial charge in [-0.2, -0.15) is 0 Å². The van der Waals surface area contributed by atoms with Gasteiger partial charge in [-0.3, -0.25) is 0 Å². The van der Waals surface area contributed by atoms with E-state index in [1.54, 1.807) is 23.1 Å². The molecule has 0 fully saturated rings. The lowest BCUT2D eigenvalue weighted by molar-refractivity contribution is 0.489. The Morgan fingerprint density at radius 3 is 3.05 bits per heavy atom. The molecule has 0 saturated heterocycles. The van der Waals surface area contributed by atoms with Gasteiger partial charge in [0.15, 0.2) is 5.58 Å². The minimum Gasteiger partial charge on any atom is -0.431 e. The third-order valence-electron chi connectivity index (χ3n) is 3.31. The fourth-order valence-electron chi connectivity index (χ4n) is 2.27. The third-order valence-corrected chi connectivity index (χ3v) is 5.19. The first-order chi connectivity index (χ1) is 10.3. The predicted octanol–water partition coefficient (Wildman–Crippen LogP) is 4.92.